The second-order valence-electron chi connectivity index (χ2n) is 6.87. The van der Waals surface area contributed by atoms with Gasteiger partial charge in [0.15, 0.2) is 0 Å². The Kier molecular flexibility index (Phi) is 3.94. The van der Waals surface area contributed by atoms with Crippen molar-refractivity contribution in [2.24, 2.45) is 5.41 Å². The summed E-state index contributed by atoms with van der Waals surface area (Å²) in [6.45, 7) is 4.65. The first-order valence-corrected chi connectivity index (χ1v) is 7.96. The fourth-order valence-electron chi connectivity index (χ4n) is 3.79. The molecule has 0 aliphatic heterocycles. The second-order valence-corrected chi connectivity index (χ2v) is 6.87. The van der Waals surface area contributed by atoms with Crippen LogP contribution in [0.4, 0.5) is 4.39 Å². The molecule has 0 saturated heterocycles. The van der Waals surface area contributed by atoms with Crippen LogP contribution < -0.4 is 4.74 Å². The molecule has 116 valence electrons. The molecule has 0 heterocycles. The molecule has 0 N–H and O–H groups in total. The Hall–Kier alpha value is -1.83. The monoisotopic (exact) mass is 298 g/mol. The van der Waals surface area contributed by atoms with Gasteiger partial charge in [0.1, 0.15) is 11.6 Å². The van der Waals surface area contributed by atoms with E-state index in [0.29, 0.717) is 17.2 Å². The predicted molar refractivity (Wildman–Crippen MR) is 88.8 cm³/mol. The lowest BCUT2D eigenvalue weighted by Crippen LogP contribution is -2.16. The molecule has 0 spiro atoms. The summed E-state index contributed by atoms with van der Waals surface area (Å²) < 4.78 is 19.7. The molecule has 1 saturated carbocycles. The van der Waals surface area contributed by atoms with Gasteiger partial charge in [-0.05, 0) is 53.5 Å². The largest absolute Gasteiger partial charge is 0.497 e. The fraction of sp³-hybridized carbons (Fsp3) is 0.400. The molecular formula is C20H23FO. The molecule has 3 rings (SSSR count). The lowest BCUT2D eigenvalue weighted by Gasteiger charge is -2.29. The van der Waals surface area contributed by atoms with Crippen molar-refractivity contribution >= 4 is 0 Å². The minimum absolute atomic E-state index is 0.191. The Morgan fingerprint density at radius 1 is 1.09 bits per heavy atom. The third kappa shape index (κ3) is 2.63. The van der Waals surface area contributed by atoms with Crippen molar-refractivity contribution in [1.82, 2.24) is 0 Å². The number of rotatable bonds is 3. The summed E-state index contributed by atoms with van der Waals surface area (Å²) in [4.78, 5) is 0. The summed E-state index contributed by atoms with van der Waals surface area (Å²) in [5, 5.41) is 0. The van der Waals surface area contributed by atoms with E-state index in [9.17, 15) is 4.39 Å². The number of methoxy groups -OCH3 is 1. The van der Waals surface area contributed by atoms with Crippen molar-refractivity contribution in [1.29, 1.82) is 0 Å². The predicted octanol–water partition coefficient (Wildman–Crippen LogP) is 5.80. The van der Waals surface area contributed by atoms with Crippen LogP contribution in [0.2, 0.25) is 0 Å². The summed E-state index contributed by atoms with van der Waals surface area (Å²) in [5.41, 5.74) is 3.17. The summed E-state index contributed by atoms with van der Waals surface area (Å²) in [7, 11) is 1.61. The normalized spacial score (nSPS) is 20.1. The van der Waals surface area contributed by atoms with Crippen LogP contribution in [0.3, 0.4) is 0 Å². The van der Waals surface area contributed by atoms with E-state index in [1.165, 1.54) is 30.9 Å². The molecule has 0 bridgehead atoms. The molecule has 0 amide bonds. The van der Waals surface area contributed by atoms with Crippen LogP contribution in [0.5, 0.6) is 5.75 Å². The van der Waals surface area contributed by atoms with E-state index < -0.39 is 0 Å². The molecule has 1 aliphatic carbocycles. The summed E-state index contributed by atoms with van der Waals surface area (Å²) in [6.07, 6.45) is 3.65. The van der Waals surface area contributed by atoms with Gasteiger partial charge in [-0.15, -0.1) is 0 Å². The van der Waals surface area contributed by atoms with Gasteiger partial charge < -0.3 is 4.74 Å². The Morgan fingerprint density at radius 3 is 2.55 bits per heavy atom. The fourth-order valence-corrected chi connectivity index (χ4v) is 3.79. The SMILES string of the molecule is COc1ccc(F)c(-c2ccccc2C2CCCC2(C)C)c1. The molecule has 2 aromatic carbocycles. The van der Waals surface area contributed by atoms with Gasteiger partial charge in [-0.1, -0.05) is 44.5 Å². The smallest absolute Gasteiger partial charge is 0.131 e. The van der Waals surface area contributed by atoms with Crippen LogP contribution in [0.25, 0.3) is 11.1 Å². The number of hydrogen-bond acceptors (Lipinski definition) is 1. The average molecular weight is 298 g/mol. The highest BCUT2D eigenvalue weighted by atomic mass is 19.1. The van der Waals surface area contributed by atoms with E-state index in [2.05, 4.69) is 26.0 Å². The molecule has 1 atom stereocenters. The minimum atomic E-state index is -0.191. The van der Waals surface area contributed by atoms with Crippen LogP contribution in [-0.4, -0.2) is 7.11 Å². The standard InChI is InChI=1S/C20H23FO/c1-20(2)12-6-9-18(20)16-8-5-4-7-15(16)17-13-14(22-3)10-11-19(17)21/h4-5,7-8,10-11,13,18H,6,9,12H2,1-3H3. The van der Waals surface area contributed by atoms with E-state index in [0.717, 1.165) is 5.56 Å². The zero-order valence-corrected chi connectivity index (χ0v) is 13.5. The van der Waals surface area contributed by atoms with Crippen molar-refractivity contribution in [3.8, 4) is 16.9 Å². The van der Waals surface area contributed by atoms with E-state index in [1.807, 2.05) is 12.1 Å². The van der Waals surface area contributed by atoms with Gasteiger partial charge in [-0.3, -0.25) is 0 Å². The maximum Gasteiger partial charge on any atom is 0.131 e. The minimum Gasteiger partial charge on any atom is -0.497 e. The van der Waals surface area contributed by atoms with Crippen molar-refractivity contribution in [3.05, 3.63) is 53.8 Å². The molecule has 1 nitrogen and oxygen atoms in total. The quantitative estimate of drug-likeness (QED) is 0.696. The summed E-state index contributed by atoms with van der Waals surface area (Å²) in [6, 6.07) is 13.2. The van der Waals surface area contributed by atoms with Crippen LogP contribution in [-0.2, 0) is 0 Å². The first-order valence-electron chi connectivity index (χ1n) is 7.96. The van der Waals surface area contributed by atoms with Gasteiger partial charge in [-0.25, -0.2) is 4.39 Å². The van der Waals surface area contributed by atoms with Gasteiger partial charge in [0, 0.05) is 5.56 Å². The molecule has 0 radical (unpaired) electrons. The van der Waals surface area contributed by atoms with Crippen LogP contribution >= 0.6 is 0 Å². The van der Waals surface area contributed by atoms with Crippen molar-refractivity contribution in [2.75, 3.05) is 7.11 Å². The Bertz CT molecular complexity index is 675. The van der Waals surface area contributed by atoms with Crippen LogP contribution in [0.1, 0.15) is 44.6 Å². The van der Waals surface area contributed by atoms with Gasteiger partial charge in [0.25, 0.3) is 0 Å². The van der Waals surface area contributed by atoms with Crippen molar-refractivity contribution in [2.45, 2.75) is 39.0 Å². The van der Waals surface area contributed by atoms with E-state index >= 15 is 0 Å². The van der Waals surface area contributed by atoms with Gasteiger partial charge in [0.05, 0.1) is 7.11 Å². The zero-order chi connectivity index (χ0) is 15.7. The molecule has 1 aliphatic rings. The summed E-state index contributed by atoms with van der Waals surface area (Å²) >= 11 is 0. The number of benzene rings is 2. The topological polar surface area (TPSA) is 9.23 Å². The molecule has 1 unspecified atom stereocenters. The molecule has 2 aromatic rings. The summed E-state index contributed by atoms with van der Waals surface area (Å²) in [5.74, 6) is 0.982. The van der Waals surface area contributed by atoms with Crippen LogP contribution in [0, 0.1) is 11.2 Å². The maximum absolute atomic E-state index is 14.4. The van der Waals surface area contributed by atoms with Gasteiger partial charge in [-0.2, -0.15) is 0 Å². The van der Waals surface area contributed by atoms with E-state index in [1.54, 1.807) is 19.2 Å². The Labute approximate surface area is 132 Å². The van der Waals surface area contributed by atoms with Crippen molar-refractivity contribution < 1.29 is 9.13 Å². The third-order valence-corrected chi connectivity index (χ3v) is 5.06. The van der Waals surface area contributed by atoms with Crippen LogP contribution in [0.15, 0.2) is 42.5 Å². The van der Waals surface area contributed by atoms with E-state index in [-0.39, 0.29) is 11.2 Å². The maximum atomic E-state index is 14.4. The second kappa shape index (κ2) is 5.75. The highest BCUT2D eigenvalue weighted by Gasteiger charge is 2.36. The third-order valence-electron chi connectivity index (χ3n) is 5.06. The highest BCUT2D eigenvalue weighted by molar-refractivity contribution is 5.70. The Morgan fingerprint density at radius 2 is 1.86 bits per heavy atom. The number of ether oxygens (including phenoxy) is 1. The van der Waals surface area contributed by atoms with Gasteiger partial charge in [0.2, 0.25) is 0 Å². The molecular weight excluding hydrogens is 275 g/mol. The Balaban J connectivity index is 2.13. The molecule has 2 heteroatoms. The highest BCUT2D eigenvalue weighted by Crippen LogP contribution is 2.51. The number of hydrogen-bond donors (Lipinski definition) is 0. The molecule has 0 aromatic heterocycles. The number of halogens is 1. The lowest BCUT2D eigenvalue weighted by molar-refractivity contribution is 0.333. The molecule has 1 fully saturated rings. The average Bonchev–Trinajstić information content (AvgIpc) is 2.87. The zero-order valence-electron chi connectivity index (χ0n) is 13.5. The first-order chi connectivity index (χ1) is 10.5. The first kappa shape index (κ1) is 15.1. The van der Waals surface area contributed by atoms with Gasteiger partial charge >= 0.3 is 0 Å². The molecule has 22 heavy (non-hydrogen) atoms. The lowest BCUT2D eigenvalue weighted by atomic mass is 9.75. The van der Waals surface area contributed by atoms with Crippen molar-refractivity contribution in [3.63, 3.8) is 0 Å². The van der Waals surface area contributed by atoms with E-state index in [4.69, 9.17) is 4.74 Å².